The Morgan fingerprint density at radius 1 is 1.57 bits per heavy atom. The molecule has 2 N–H and O–H groups in total. The Morgan fingerprint density at radius 3 is 2.86 bits per heavy atom. The molecular weight excluding hydrogens is 178 g/mol. The van der Waals surface area contributed by atoms with Crippen molar-refractivity contribution in [1.29, 1.82) is 0 Å². The van der Waals surface area contributed by atoms with Crippen LogP contribution in [0.25, 0.3) is 0 Å². The molecule has 0 aromatic carbocycles. The summed E-state index contributed by atoms with van der Waals surface area (Å²) >= 11 is 0. The summed E-state index contributed by atoms with van der Waals surface area (Å²) in [6.45, 7) is 8.11. The molecule has 4 heteroatoms. The maximum atomic E-state index is 5.98. The Kier molecular flexibility index (Phi) is 4.10. The zero-order valence-corrected chi connectivity index (χ0v) is 9.16. The summed E-state index contributed by atoms with van der Waals surface area (Å²) < 4.78 is 7.22. The lowest BCUT2D eigenvalue weighted by Crippen LogP contribution is -2.21. The Balaban J connectivity index is 2.72. The van der Waals surface area contributed by atoms with Gasteiger partial charge in [0, 0.05) is 13.2 Å². The van der Waals surface area contributed by atoms with E-state index >= 15 is 0 Å². The number of rotatable bonds is 5. The minimum Gasteiger partial charge on any atom is -0.380 e. The quantitative estimate of drug-likeness (QED) is 0.773. The standard InChI is InChI=1S/C10H19N3O/c1-4-13-10(6-8(3)12-13)9(11)7-14-5-2/h6,9H,4-5,7,11H2,1-3H3. The number of nitrogens with zero attached hydrogens (tertiary/aromatic N) is 2. The zero-order valence-electron chi connectivity index (χ0n) is 9.16. The molecule has 1 aromatic rings. The first-order valence-corrected chi connectivity index (χ1v) is 5.06. The van der Waals surface area contributed by atoms with E-state index < -0.39 is 0 Å². The number of hydrogen-bond donors (Lipinski definition) is 1. The van der Waals surface area contributed by atoms with Gasteiger partial charge < -0.3 is 10.5 Å². The van der Waals surface area contributed by atoms with Gasteiger partial charge in [-0.15, -0.1) is 0 Å². The number of aryl methyl sites for hydroxylation is 2. The van der Waals surface area contributed by atoms with Gasteiger partial charge in [-0.25, -0.2) is 0 Å². The second-order valence-corrected chi connectivity index (χ2v) is 3.29. The summed E-state index contributed by atoms with van der Waals surface area (Å²) in [6.07, 6.45) is 0. The van der Waals surface area contributed by atoms with Gasteiger partial charge in [-0.05, 0) is 26.8 Å². The molecule has 0 spiro atoms. The van der Waals surface area contributed by atoms with Crippen LogP contribution in [-0.4, -0.2) is 23.0 Å². The van der Waals surface area contributed by atoms with Crippen molar-refractivity contribution in [2.75, 3.05) is 13.2 Å². The smallest absolute Gasteiger partial charge is 0.0704 e. The molecule has 1 atom stereocenters. The summed E-state index contributed by atoms with van der Waals surface area (Å²) in [5, 5.41) is 4.34. The summed E-state index contributed by atoms with van der Waals surface area (Å²) in [5.74, 6) is 0. The van der Waals surface area contributed by atoms with E-state index in [4.69, 9.17) is 10.5 Å². The van der Waals surface area contributed by atoms with Crippen molar-refractivity contribution in [1.82, 2.24) is 9.78 Å². The van der Waals surface area contributed by atoms with Crippen LogP contribution in [0, 0.1) is 6.92 Å². The number of nitrogens with two attached hydrogens (primary N) is 1. The lowest BCUT2D eigenvalue weighted by atomic mass is 10.2. The fourth-order valence-corrected chi connectivity index (χ4v) is 1.45. The predicted octanol–water partition coefficient (Wildman–Crippen LogP) is 1.25. The summed E-state index contributed by atoms with van der Waals surface area (Å²) in [4.78, 5) is 0. The van der Waals surface area contributed by atoms with Crippen molar-refractivity contribution in [2.45, 2.75) is 33.4 Å². The van der Waals surface area contributed by atoms with E-state index in [2.05, 4.69) is 12.0 Å². The van der Waals surface area contributed by atoms with Crippen molar-refractivity contribution in [3.05, 3.63) is 17.5 Å². The minimum absolute atomic E-state index is 0.0731. The first kappa shape index (κ1) is 11.2. The molecule has 0 aliphatic carbocycles. The van der Waals surface area contributed by atoms with Crippen molar-refractivity contribution in [3.8, 4) is 0 Å². The molecule has 0 amide bonds. The van der Waals surface area contributed by atoms with Gasteiger partial charge in [-0.3, -0.25) is 4.68 Å². The highest BCUT2D eigenvalue weighted by atomic mass is 16.5. The van der Waals surface area contributed by atoms with Crippen molar-refractivity contribution in [3.63, 3.8) is 0 Å². The Labute approximate surface area is 85.0 Å². The number of hydrogen-bond acceptors (Lipinski definition) is 3. The third kappa shape index (κ3) is 2.56. The molecule has 1 rings (SSSR count). The van der Waals surface area contributed by atoms with Gasteiger partial charge in [0.05, 0.1) is 24.0 Å². The highest BCUT2D eigenvalue weighted by Crippen LogP contribution is 2.12. The molecule has 0 aliphatic heterocycles. The van der Waals surface area contributed by atoms with Gasteiger partial charge in [0.2, 0.25) is 0 Å². The molecule has 0 saturated carbocycles. The minimum atomic E-state index is -0.0731. The monoisotopic (exact) mass is 197 g/mol. The van der Waals surface area contributed by atoms with Crippen LogP contribution in [0.15, 0.2) is 6.07 Å². The molecule has 0 radical (unpaired) electrons. The van der Waals surface area contributed by atoms with Crippen LogP contribution in [0.2, 0.25) is 0 Å². The topological polar surface area (TPSA) is 53.1 Å². The van der Waals surface area contributed by atoms with Crippen molar-refractivity contribution < 1.29 is 4.74 Å². The van der Waals surface area contributed by atoms with E-state index in [9.17, 15) is 0 Å². The fraction of sp³-hybridized carbons (Fsp3) is 0.700. The highest BCUT2D eigenvalue weighted by Gasteiger charge is 2.12. The number of aromatic nitrogens is 2. The van der Waals surface area contributed by atoms with E-state index in [0.29, 0.717) is 13.2 Å². The van der Waals surface area contributed by atoms with Crippen LogP contribution >= 0.6 is 0 Å². The molecule has 1 unspecified atom stereocenters. The molecular formula is C10H19N3O. The third-order valence-electron chi connectivity index (χ3n) is 2.11. The fourth-order valence-electron chi connectivity index (χ4n) is 1.45. The first-order chi connectivity index (χ1) is 6.69. The normalized spacial score (nSPS) is 13.1. The highest BCUT2D eigenvalue weighted by molar-refractivity contribution is 5.12. The maximum Gasteiger partial charge on any atom is 0.0704 e. The lowest BCUT2D eigenvalue weighted by Gasteiger charge is -2.12. The Morgan fingerprint density at radius 2 is 2.29 bits per heavy atom. The van der Waals surface area contributed by atoms with Crippen molar-refractivity contribution in [2.24, 2.45) is 5.73 Å². The molecule has 80 valence electrons. The average molecular weight is 197 g/mol. The van der Waals surface area contributed by atoms with Crippen LogP contribution in [0.3, 0.4) is 0 Å². The largest absolute Gasteiger partial charge is 0.380 e. The molecule has 0 bridgehead atoms. The second-order valence-electron chi connectivity index (χ2n) is 3.29. The molecule has 0 saturated heterocycles. The molecule has 4 nitrogen and oxygen atoms in total. The van der Waals surface area contributed by atoms with E-state index in [0.717, 1.165) is 17.9 Å². The van der Waals surface area contributed by atoms with E-state index in [-0.39, 0.29) is 6.04 Å². The first-order valence-electron chi connectivity index (χ1n) is 5.06. The average Bonchev–Trinajstić information content (AvgIpc) is 2.56. The second kappa shape index (κ2) is 5.12. The SMILES string of the molecule is CCOCC(N)c1cc(C)nn1CC. The van der Waals surface area contributed by atoms with Crippen molar-refractivity contribution >= 4 is 0 Å². The van der Waals surface area contributed by atoms with E-state index in [1.54, 1.807) is 0 Å². The van der Waals surface area contributed by atoms with Gasteiger partial charge in [-0.2, -0.15) is 5.10 Å². The van der Waals surface area contributed by atoms with Crippen LogP contribution < -0.4 is 5.73 Å². The zero-order chi connectivity index (χ0) is 10.6. The predicted molar refractivity (Wildman–Crippen MR) is 56.1 cm³/mol. The molecule has 1 heterocycles. The van der Waals surface area contributed by atoms with Crippen LogP contribution in [0.5, 0.6) is 0 Å². The van der Waals surface area contributed by atoms with Gasteiger partial charge >= 0.3 is 0 Å². The van der Waals surface area contributed by atoms with E-state index in [1.165, 1.54) is 0 Å². The summed E-state index contributed by atoms with van der Waals surface area (Å²) in [6, 6.07) is 1.95. The maximum absolute atomic E-state index is 5.98. The van der Waals surface area contributed by atoms with Gasteiger partial charge in [-0.1, -0.05) is 0 Å². The number of ether oxygens (including phenoxy) is 1. The lowest BCUT2D eigenvalue weighted by molar-refractivity contribution is 0.131. The van der Waals surface area contributed by atoms with Gasteiger partial charge in [0.1, 0.15) is 0 Å². The van der Waals surface area contributed by atoms with Crippen LogP contribution in [0.1, 0.15) is 31.3 Å². The summed E-state index contributed by atoms with van der Waals surface area (Å²) in [7, 11) is 0. The Bertz CT molecular complexity index is 283. The molecule has 1 aromatic heterocycles. The van der Waals surface area contributed by atoms with Crippen LogP contribution in [0.4, 0.5) is 0 Å². The van der Waals surface area contributed by atoms with Gasteiger partial charge in [0.25, 0.3) is 0 Å². The molecule has 0 fully saturated rings. The van der Waals surface area contributed by atoms with E-state index in [1.807, 2.05) is 24.6 Å². The molecule has 0 aliphatic rings. The third-order valence-corrected chi connectivity index (χ3v) is 2.11. The summed E-state index contributed by atoms with van der Waals surface area (Å²) in [5.41, 5.74) is 8.05. The van der Waals surface area contributed by atoms with Crippen LogP contribution in [-0.2, 0) is 11.3 Å². The van der Waals surface area contributed by atoms with Gasteiger partial charge in [0.15, 0.2) is 0 Å². The molecule has 14 heavy (non-hydrogen) atoms. The Hall–Kier alpha value is -0.870.